The molecule has 5 heteroatoms. The Bertz CT molecular complexity index is 739. The minimum absolute atomic E-state index is 0.148. The van der Waals surface area contributed by atoms with Crippen molar-refractivity contribution in [2.75, 3.05) is 4.90 Å². The Labute approximate surface area is 135 Å². The van der Waals surface area contributed by atoms with Gasteiger partial charge in [-0.25, -0.2) is 0 Å². The van der Waals surface area contributed by atoms with Gasteiger partial charge in [0.2, 0.25) is 0 Å². The molecule has 0 fully saturated rings. The van der Waals surface area contributed by atoms with E-state index in [-0.39, 0.29) is 5.91 Å². The molecule has 0 spiro atoms. The molecule has 0 unspecified atom stereocenters. The fourth-order valence-corrected chi connectivity index (χ4v) is 2.75. The number of carbonyl (C=O) groups excluding carboxylic acids is 1. The van der Waals surface area contributed by atoms with Gasteiger partial charge < -0.3 is 0 Å². The van der Waals surface area contributed by atoms with E-state index in [0.717, 1.165) is 11.3 Å². The Balaban J connectivity index is 1.93. The fraction of sp³-hybridized carbons (Fsp3) is 0. The van der Waals surface area contributed by atoms with Crippen LogP contribution in [0.15, 0.2) is 65.3 Å². The number of anilines is 1. The van der Waals surface area contributed by atoms with Crippen LogP contribution in [0, 0.1) is 0 Å². The molecule has 1 amide bonds. The maximum absolute atomic E-state index is 12.5. The number of nitrogens with zero attached hydrogens (tertiary/aromatic N) is 2. The van der Waals surface area contributed by atoms with Crippen LogP contribution in [0.1, 0.15) is 5.56 Å². The first-order valence-electron chi connectivity index (χ1n) is 6.27. The van der Waals surface area contributed by atoms with Gasteiger partial charge in [0.05, 0.1) is 0 Å². The molecule has 2 aromatic rings. The quantitative estimate of drug-likeness (QED) is 0.598. The average molecular weight is 361 g/mol. The van der Waals surface area contributed by atoms with Gasteiger partial charge in [0.15, 0.2) is 0 Å². The third kappa shape index (κ3) is 2.93. The molecule has 0 aromatic heterocycles. The number of amides is 1. The van der Waals surface area contributed by atoms with Crippen molar-refractivity contribution in [2.45, 2.75) is 0 Å². The van der Waals surface area contributed by atoms with Crippen LogP contribution in [0.2, 0.25) is 5.02 Å². The molecule has 2 aromatic carbocycles. The summed E-state index contributed by atoms with van der Waals surface area (Å²) in [6, 6.07) is 16.7. The van der Waals surface area contributed by atoms with E-state index >= 15 is 0 Å². The van der Waals surface area contributed by atoms with Crippen LogP contribution in [-0.4, -0.2) is 26.7 Å². The summed E-state index contributed by atoms with van der Waals surface area (Å²) >= 11 is 8.69. The van der Waals surface area contributed by atoms with Gasteiger partial charge in [0.25, 0.3) is 0 Å². The van der Waals surface area contributed by atoms with Crippen LogP contribution in [-0.2, 0) is 4.79 Å². The molecule has 0 saturated carbocycles. The van der Waals surface area contributed by atoms with Gasteiger partial charge in [-0.2, -0.15) is 0 Å². The van der Waals surface area contributed by atoms with Crippen molar-refractivity contribution in [3.63, 3.8) is 0 Å². The van der Waals surface area contributed by atoms with Gasteiger partial charge in [-0.05, 0) is 0 Å². The molecule has 3 nitrogen and oxygen atoms in total. The van der Waals surface area contributed by atoms with Crippen molar-refractivity contribution in [1.82, 2.24) is 0 Å². The number of rotatable bonds is 2. The molecular formula is C16H10ClN2OSe. The van der Waals surface area contributed by atoms with Crippen LogP contribution in [0.3, 0.4) is 0 Å². The van der Waals surface area contributed by atoms with Crippen molar-refractivity contribution >= 4 is 50.0 Å². The maximum atomic E-state index is 12.5. The van der Waals surface area contributed by atoms with Crippen LogP contribution < -0.4 is 4.90 Å². The Kier molecular flexibility index (Phi) is 3.93. The number of halogens is 1. The first-order valence-corrected chi connectivity index (χ1v) is 7.51. The normalized spacial score (nSPS) is 16.4. The third-order valence-corrected chi connectivity index (χ3v) is 3.84. The predicted molar refractivity (Wildman–Crippen MR) is 86.5 cm³/mol. The molecule has 3 rings (SSSR count). The topological polar surface area (TPSA) is 32.7 Å². The van der Waals surface area contributed by atoms with Crippen molar-refractivity contribution in [3.05, 3.63) is 70.9 Å². The Morgan fingerprint density at radius 1 is 1.05 bits per heavy atom. The van der Waals surface area contributed by atoms with Crippen molar-refractivity contribution in [2.24, 2.45) is 4.99 Å². The Morgan fingerprint density at radius 2 is 1.71 bits per heavy atom. The number of hydrogen-bond acceptors (Lipinski definition) is 2. The zero-order valence-corrected chi connectivity index (χ0v) is 13.3. The summed E-state index contributed by atoms with van der Waals surface area (Å²) in [6.45, 7) is 0. The monoisotopic (exact) mass is 361 g/mol. The minimum atomic E-state index is -0.148. The van der Waals surface area contributed by atoms with E-state index in [0.29, 0.717) is 15.5 Å². The van der Waals surface area contributed by atoms with Gasteiger partial charge in [-0.3, -0.25) is 0 Å². The second-order valence-electron chi connectivity index (χ2n) is 4.45. The summed E-state index contributed by atoms with van der Waals surface area (Å²) in [4.78, 5) is 18.4. The summed E-state index contributed by atoms with van der Waals surface area (Å²) in [5.41, 5.74) is 2.07. The van der Waals surface area contributed by atoms with E-state index in [2.05, 4.69) is 21.0 Å². The van der Waals surface area contributed by atoms with Crippen molar-refractivity contribution in [3.8, 4) is 0 Å². The van der Waals surface area contributed by atoms with E-state index in [1.165, 1.54) is 0 Å². The van der Waals surface area contributed by atoms with Gasteiger partial charge in [0, 0.05) is 0 Å². The number of hydrogen-bond donors (Lipinski definition) is 0. The van der Waals surface area contributed by atoms with E-state index < -0.39 is 0 Å². The molecule has 1 heterocycles. The first-order chi connectivity index (χ1) is 10.1. The molecule has 0 N–H and O–H groups in total. The van der Waals surface area contributed by atoms with Crippen LogP contribution in [0.5, 0.6) is 0 Å². The van der Waals surface area contributed by atoms with Crippen LogP contribution in [0.4, 0.5) is 5.69 Å². The summed E-state index contributed by atoms with van der Waals surface area (Å²) in [7, 11) is 0. The molecule has 0 bridgehead atoms. The van der Waals surface area contributed by atoms with Gasteiger partial charge in [0.1, 0.15) is 0 Å². The first kappa shape index (κ1) is 14.1. The molecule has 1 radical (unpaired) electrons. The molecule has 103 valence electrons. The molecular weight excluding hydrogens is 351 g/mol. The third-order valence-electron chi connectivity index (χ3n) is 3.02. The van der Waals surface area contributed by atoms with E-state index in [4.69, 9.17) is 11.6 Å². The number of amidine groups is 1. The summed E-state index contributed by atoms with van der Waals surface area (Å²) in [5.74, 6) is -0.148. The zero-order chi connectivity index (χ0) is 14.8. The van der Waals surface area contributed by atoms with Gasteiger partial charge in [-0.15, -0.1) is 0 Å². The standard InChI is InChI=1S/C16H10ClN2OSe/c17-12-8-6-11(7-9-12)10-14-15(20)19(16(21)18-14)13-4-2-1-3-5-13/h1-10H/b14-10-. The second-order valence-corrected chi connectivity index (χ2v) is 5.65. The van der Waals surface area contributed by atoms with Crippen LogP contribution >= 0.6 is 11.6 Å². The van der Waals surface area contributed by atoms with Crippen LogP contribution in [0.25, 0.3) is 6.08 Å². The predicted octanol–water partition coefficient (Wildman–Crippen LogP) is 3.25. The molecule has 1 aliphatic rings. The molecule has 1 aliphatic heterocycles. The molecule has 0 atom stereocenters. The number of aliphatic imine (C=N–C) groups is 1. The number of benzene rings is 2. The van der Waals surface area contributed by atoms with E-state index in [1.54, 1.807) is 23.1 Å². The molecule has 21 heavy (non-hydrogen) atoms. The molecule has 0 saturated heterocycles. The fourth-order valence-electron chi connectivity index (χ4n) is 2.02. The Morgan fingerprint density at radius 3 is 2.38 bits per heavy atom. The van der Waals surface area contributed by atoms with Crippen molar-refractivity contribution < 1.29 is 4.79 Å². The van der Waals surface area contributed by atoms with Gasteiger partial charge in [-0.1, -0.05) is 0 Å². The number of para-hydroxylation sites is 1. The van der Waals surface area contributed by atoms with E-state index in [1.807, 2.05) is 42.5 Å². The van der Waals surface area contributed by atoms with Gasteiger partial charge >= 0.3 is 136 Å². The van der Waals surface area contributed by atoms with Crippen molar-refractivity contribution in [1.29, 1.82) is 0 Å². The second kappa shape index (κ2) is 5.86. The SMILES string of the molecule is O=C1/C(=C/c2ccc(Cl)cc2)N=C([Se])N1c1ccccc1. The summed E-state index contributed by atoms with van der Waals surface area (Å²) < 4.78 is 0.548. The molecule has 0 aliphatic carbocycles. The summed E-state index contributed by atoms with van der Waals surface area (Å²) in [6.07, 6.45) is 1.75. The zero-order valence-electron chi connectivity index (χ0n) is 10.9. The number of carbonyl (C=O) groups is 1. The summed E-state index contributed by atoms with van der Waals surface area (Å²) in [5, 5.41) is 0.661. The average Bonchev–Trinajstić information content (AvgIpc) is 2.77. The van der Waals surface area contributed by atoms with E-state index in [9.17, 15) is 4.79 Å². The Hall–Kier alpha value is -1.87.